The molecule has 0 saturated carbocycles. The van der Waals surface area contributed by atoms with Crippen molar-refractivity contribution in [3.8, 4) is 0 Å². The lowest BCUT2D eigenvalue weighted by Gasteiger charge is -2.06. The van der Waals surface area contributed by atoms with Crippen LogP contribution in [0.1, 0.15) is 19.0 Å². The smallest absolute Gasteiger partial charge is 0.186 e. The first-order valence-electron chi connectivity index (χ1n) is 5.88. The van der Waals surface area contributed by atoms with E-state index in [9.17, 15) is 0 Å². The fourth-order valence-electron chi connectivity index (χ4n) is 1.17. The minimum atomic E-state index is 0.499. The van der Waals surface area contributed by atoms with Crippen molar-refractivity contribution in [3.63, 3.8) is 0 Å². The number of nitrogens with zero attached hydrogens (tertiary/aromatic N) is 2. The number of thiocarbonyl (C=S) groups is 1. The van der Waals surface area contributed by atoms with Gasteiger partial charge in [0, 0.05) is 26.0 Å². The molecule has 1 aromatic heterocycles. The van der Waals surface area contributed by atoms with Crippen LogP contribution in [0, 0.1) is 0 Å². The Morgan fingerprint density at radius 1 is 1.56 bits per heavy atom. The Balaban J connectivity index is 2.11. The summed E-state index contributed by atoms with van der Waals surface area (Å²) in [6.07, 6.45) is 4.25. The predicted molar refractivity (Wildman–Crippen MR) is 76.7 cm³/mol. The maximum Gasteiger partial charge on any atom is 0.186 e. The third-order valence-corrected chi connectivity index (χ3v) is 2.24. The van der Waals surface area contributed by atoms with E-state index in [2.05, 4.69) is 20.8 Å². The summed E-state index contributed by atoms with van der Waals surface area (Å²) >= 11 is 5.05. The fraction of sp³-hybridized carbons (Fsp3) is 0.417. The molecule has 0 spiro atoms. The van der Waals surface area contributed by atoms with Gasteiger partial charge >= 0.3 is 0 Å². The average molecular weight is 266 g/mol. The van der Waals surface area contributed by atoms with Crippen LogP contribution in [0.5, 0.6) is 0 Å². The molecular weight excluding hydrogens is 248 g/mol. The second-order valence-corrected chi connectivity index (χ2v) is 3.84. The molecule has 0 radical (unpaired) electrons. The van der Waals surface area contributed by atoms with Crippen molar-refractivity contribution in [1.82, 2.24) is 15.7 Å². The molecule has 1 heterocycles. The van der Waals surface area contributed by atoms with Crippen molar-refractivity contribution < 1.29 is 4.74 Å². The quantitative estimate of drug-likeness (QED) is 0.337. The Morgan fingerprint density at radius 3 is 3.17 bits per heavy atom. The van der Waals surface area contributed by atoms with Gasteiger partial charge in [0.15, 0.2) is 5.11 Å². The maximum atomic E-state index is 5.21. The van der Waals surface area contributed by atoms with E-state index < -0.39 is 0 Å². The highest BCUT2D eigenvalue weighted by Crippen LogP contribution is 1.87. The molecule has 0 amide bonds. The molecule has 0 fully saturated rings. The van der Waals surface area contributed by atoms with E-state index in [0.717, 1.165) is 31.9 Å². The number of hydrazone groups is 1. The Morgan fingerprint density at radius 2 is 2.44 bits per heavy atom. The van der Waals surface area contributed by atoms with Crippen LogP contribution in [0.4, 0.5) is 0 Å². The largest absolute Gasteiger partial charge is 0.382 e. The van der Waals surface area contributed by atoms with Crippen LogP contribution in [-0.4, -0.2) is 36.1 Å². The molecule has 6 heteroatoms. The van der Waals surface area contributed by atoms with Gasteiger partial charge in [-0.3, -0.25) is 10.4 Å². The molecule has 0 aliphatic rings. The normalized spacial score (nSPS) is 10.5. The molecule has 18 heavy (non-hydrogen) atoms. The molecule has 1 rings (SSSR count). The number of aromatic nitrogens is 1. The second-order valence-electron chi connectivity index (χ2n) is 3.43. The maximum absolute atomic E-state index is 5.21. The van der Waals surface area contributed by atoms with Crippen molar-refractivity contribution >= 4 is 23.5 Å². The lowest BCUT2D eigenvalue weighted by atomic mass is 10.4. The summed E-state index contributed by atoms with van der Waals surface area (Å²) in [6, 6.07) is 5.62. The lowest BCUT2D eigenvalue weighted by Crippen LogP contribution is -2.33. The van der Waals surface area contributed by atoms with Gasteiger partial charge in [-0.25, -0.2) is 0 Å². The molecule has 1 aromatic rings. The Kier molecular flexibility index (Phi) is 7.66. The van der Waals surface area contributed by atoms with E-state index in [1.165, 1.54) is 0 Å². The number of hydrogen-bond acceptors (Lipinski definition) is 4. The first-order chi connectivity index (χ1) is 8.83. The van der Waals surface area contributed by atoms with Crippen molar-refractivity contribution in [2.45, 2.75) is 13.3 Å². The van der Waals surface area contributed by atoms with E-state index >= 15 is 0 Å². The van der Waals surface area contributed by atoms with E-state index in [1.807, 2.05) is 25.1 Å². The number of nitrogens with one attached hydrogen (secondary N) is 2. The summed E-state index contributed by atoms with van der Waals surface area (Å²) in [7, 11) is 0. The number of ether oxygens (including phenoxy) is 1. The van der Waals surface area contributed by atoms with Crippen molar-refractivity contribution in [3.05, 3.63) is 30.1 Å². The molecule has 0 unspecified atom stereocenters. The van der Waals surface area contributed by atoms with Crippen LogP contribution in [-0.2, 0) is 4.74 Å². The van der Waals surface area contributed by atoms with Gasteiger partial charge in [0.1, 0.15) is 0 Å². The first-order valence-corrected chi connectivity index (χ1v) is 6.29. The number of rotatable bonds is 7. The van der Waals surface area contributed by atoms with Crippen molar-refractivity contribution in [2.75, 3.05) is 19.8 Å². The van der Waals surface area contributed by atoms with Gasteiger partial charge < -0.3 is 10.1 Å². The summed E-state index contributed by atoms with van der Waals surface area (Å²) < 4.78 is 5.21. The van der Waals surface area contributed by atoms with Crippen LogP contribution in [0.3, 0.4) is 0 Å². The molecule has 2 N–H and O–H groups in total. The molecular formula is C12H18N4OS. The fourth-order valence-corrected chi connectivity index (χ4v) is 1.32. The van der Waals surface area contributed by atoms with Crippen LogP contribution in [0.2, 0.25) is 0 Å². The standard InChI is InChI=1S/C12H18N4OS/c1-2-17-9-5-8-14-12(18)16-15-10-11-6-3-4-7-13-11/h3-4,6-7,10H,2,5,8-9H2,1H3,(H2,14,16,18)/b15-10-. The SMILES string of the molecule is CCOCCCNC(=S)N/N=C\c1ccccn1. The van der Waals surface area contributed by atoms with Crippen molar-refractivity contribution in [2.24, 2.45) is 5.10 Å². The van der Waals surface area contributed by atoms with Gasteiger partial charge in [0.2, 0.25) is 0 Å². The van der Waals surface area contributed by atoms with Gasteiger partial charge in [0.05, 0.1) is 11.9 Å². The zero-order valence-corrected chi connectivity index (χ0v) is 11.2. The average Bonchev–Trinajstić information content (AvgIpc) is 2.40. The number of pyridine rings is 1. The highest BCUT2D eigenvalue weighted by atomic mass is 32.1. The topological polar surface area (TPSA) is 58.5 Å². The van der Waals surface area contributed by atoms with Gasteiger partial charge in [-0.1, -0.05) is 6.07 Å². The van der Waals surface area contributed by atoms with Crippen LogP contribution >= 0.6 is 12.2 Å². The van der Waals surface area contributed by atoms with Crippen molar-refractivity contribution in [1.29, 1.82) is 0 Å². The number of hydrogen-bond donors (Lipinski definition) is 2. The summed E-state index contributed by atoms with van der Waals surface area (Å²) in [5.74, 6) is 0. The van der Waals surface area contributed by atoms with E-state index in [1.54, 1.807) is 12.4 Å². The van der Waals surface area contributed by atoms with E-state index in [0.29, 0.717) is 5.11 Å². The Labute approximate surface area is 113 Å². The molecule has 5 nitrogen and oxygen atoms in total. The van der Waals surface area contributed by atoms with Gasteiger partial charge in [-0.2, -0.15) is 5.10 Å². The molecule has 0 atom stereocenters. The lowest BCUT2D eigenvalue weighted by molar-refractivity contribution is 0.145. The highest BCUT2D eigenvalue weighted by Gasteiger charge is 1.92. The molecule has 0 saturated heterocycles. The first kappa shape index (κ1) is 14.5. The predicted octanol–water partition coefficient (Wildman–Crippen LogP) is 1.31. The van der Waals surface area contributed by atoms with Gasteiger partial charge in [-0.15, -0.1) is 0 Å². The zero-order valence-electron chi connectivity index (χ0n) is 10.4. The summed E-state index contributed by atoms with van der Waals surface area (Å²) in [5, 5.41) is 7.52. The molecule has 98 valence electrons. The highest BCUT2D eigenvalue weighted by molar-refractivity contribution is 7.80. The third-order valence-electron chi connectivity index (χ3n) is 2.01. The van der Waals surface area contributed by atoms with Crippen LogP contribution in [0.15, 0.2) is 29.5 Å². The minimum absolute atomic E-state index is 0.499. The summed E-state index contributed by atoms with van der Waals surface area (Å²) in [4.78, 5) is 4.10. The molecule has 0 aromatic carbocycles. The molecule has 0 bridgehead atoms. The van der Waals surface area contributed by atoms with Gasteiger partial charge in [0.25, 0.3) is 0 Å². The van der Waals surface area contributed by atoms with Crippen LogP contribution < -0.4 is 10.7 Å². The molecule has 0 aliphatic heterocycles. The van der Waals surface area contributed by atoms with Gasteiger partial charge in [-0.05, 0) is 37.7 Å². The minimum Gasteiger partial charge on any atom is -0.382 e. The summed E-state index contributed by atoms with van der Waals surface area (Å²) in [5.41, 5.74) is 3.51. The Bertz CT molecular complexity index is 370. The third kappa shape index (κ3) is 6.93. The Hall–Kier alpha value is -1.53. The summed E-state index contributed by atoms with van der Waals surface area (Å²) in [6.45, 7) is 4.23. The van der Waals surface area contributed by atoms with E-state index in [-0.39, 0.29) is 0 Å². The van der Waals surface area contributed by atoms with E-state index in [4.69, 9.17) is 17.0 Å². The zero-order chi connectivity index (χ0) is 13.1. The van der Waals surface area contributed by atoms with Crippen LogP contribution in [0.25, 0.3) is 0 Å². The molecule has 0 aliphatic carbocycles. The second kappa shape index (κ2) is 9.49. The monoisotopic (exact) mass is 266 g/mol.